The van der Waals surface area contributed by atoms with Gasteiger partial charge in [-0.2, -0.15) is 4.31 Å². The Morgan fingerprint density at radius 2 is 1.72 bits per heavy atom. The molecule has 1 heterocycles. The van der Waals surface area contributed by atoms with E-state index in [-0.39, 0.29) is 56.6 Å². The first-order chi connectivity index (χ1) is 15.3. The first-order valence-corrected chi connectivity index (χ1v) is 12.0. The summed E-state index contributed by atoms with van der Waals surface area (Å²) < 4.78 is 37.3. The Kier molecular flexibility index (Phi) is 8.11. The van der Waals surface area contributed by atoms with Crippen molar-refractivity contribution >= 4 is 33.5 Å². The maximum Gasteiger partial charge on any atom is 0.309 e. The van der Waals surface area contributed by atoms with Gasteiger partial charge in [0.1, 0.15) is 5.75 Å². The fourth-order valence-corrected chi connectivity index (χ4v) is 4.74. The van der Waals surface area contributed by atoms with Gasteiger partial charge < -0.3 is 14.4 Å². The molecule has 2 aromatic carbocycles. The third-order valence-electron chi connectivity index (χ3n) is 4.96. The van der Waals surface area contributed by atoms with Gasteiger partial charge >= 0.3 is 5.97 Å². The molecule has 8 nitrogen and oxygen atoms in total. The smallest absolute Gasteiger partial charge is 0.309 e. The summed E-state index contributed by atoms with van der Waals surface area (Å²) in [5.74, 6) is -0.225. The molecule has 10 heteroatoms. The standard InChI is InChI=1S/C22H25ClN2O6S/c1-17-3-2-4-19(15-17)30-14-9-22(27)31-16-21(26)24-10-12-25(13-11-24)32(28,29)20-7-5-18(23)6-8-20/h2-8,15H,9-14,16H2,1H3. The first-order valence-electron chi connectivity index (χ1n) is 10.1. The van der Waals surface area contributed by atoms with Crippen LogP contribution >= 0.6 is 11.6 Å². The molecular weight excluding hydrogens is 456 g/mol. The summed E-state index contributed by atoms with van der Waals surface area (Å²) in [4.78, 5) is 25.9. The van der Waals surface area contributed by atoms with Crippen LogP contribution in [0.1, 0.15) is 12.0 Å². The number of nitrogens with zero attached hydrogens (tertiary/aromatic N) is 2. The quantitative estimate of drug-likeness (QED) is 0.539. The molecule has 1 amide bonds. The van der Waals surface area contributed by atoms with Gasteiger partial charge in [-0.3, -0.25) is 9.59 Å². The topological polar surface area (TPSA) is 93.2 Å². The number of carbonyl (C=O) groups excluding carboxylic acids is 2. The third kappa shape index (κ3) is 6.44. The highest BCUT2D eigenvalue weighted by atomic mass is 35.5. The van der Waals surface area contributed by atoms with Gasteiger partial charge in [-0.15, -0.1) is 0 Å². The van der Waals surface area contributed by atoms with Crippen molar-refractivity contribution in [2.24, 2.45) is 0 Å². The second kappa shape index (κ2) is 10.8. The van der Waals surface area contributed by atoms with E-state index in [9.17, 15) is 18.0 Å². The Labute approximate surface area is 192 Å². The average Bonchev–Trinajstić information content (AvgIpc) is 2.78. The van der Waals surface area contributed by atoms with E-state index in [1.165, 1.54) is 33.5 Å². The SMILES string of the molecule is Cc1cccc(OCCC(=O)OCC(=O)N2CCN(S(=O)(=O)c3ccc(Cl)cc3)CC2)c1. The van der Waals surface area contributed by atoms with Gasteiger partial charge in [0, 0.05) is 31.2 Å². The second-order valence-electron chi connectivity index (χ2n) is 7.31. The fourth-order valence-electron chi connectivity index (χ4n) is 3.20. The van der Waals surface area contributed by atoms with Gasteiger partial charge in [-0.25, -0.2) is 8.42 Å². The van der Waals surface area contributed by atoms with Crippen LogP contribution in [0.15, 0.2) is 53.4 Å². The van der Waals surface area contributed by atoms with E-state index in [4.69, 9.17) is 21.1 Å². The summed E-state index contributed by atoms with van der Waals surface area (Å²) in [7, 11) is -3.65. The van der Waals surface area contributed by atoms with Crippen LogP contribution in [-0.4, -0.2) is 68.9 Å². The molecular formula is C22H25ClN2O6S. The minimum absolute atomic E-state index is 0.0222. The maximum atomic E-state index is 12.7. The number of hydrogen-bond acceptors (Lipinski definition) is 6. The molecule has 1 fully saturated rings. The summed E-state index contributed by atoms with van der Waals surface area (Å²) >= 11 is 5.82. The van der Waals surface area contributed by atoms with Crippen molar-refractivity contribution in [1.82, 2.24) is 9.21 Å². The summed E-state index contributed by atoms with van der Waals surface area (Å²) in [5.41, 5.74) is 1.05. The van der Waals surface area contributed by atoms with E-state index < -0.39 is 16.0 Å². The summed E-state index contributed by atoms with van der Waals surface area (Å²) in [6.07, 6.45) is 0.0222. The molecule has 3 rings (SSSR count). The van der Waals surface area contributed by atoms with E-state index in [1.807, 2.05) is 25.1 Å². The summed E-state index contributed by atoms with van der Waals surface area (Å²) in [5, 5.41) is 0.454. The van der Waals surface area contributed by atoms with E-state index in [0.29, 0.717) is 10.8 Å². The number of rotatable bonds is 8. The van der Waals surface area contributed by atoms with E-state index in [1.54, 1.807) is 6.07 Å². The number of halogens is 1. The predicted octanol–water partition coefficient (Wildman–Crippen LogP) is 2.49. The average molecular weight is 481 g/mol. The Hall–Kier alpha value is -2.62. The molecule has 0 atom stereocenters. The van der Waals surface area contributed by atoms with Crippen LogP contribution < -0.4 is 4.74 Å². The van der Waals surface area contributed by atoms with Crippen molar-refractivity contribution in [3.63, 3.8) is 0 Å². The van der Waals surface area contributed by atoms with Crippen LogP contribution in [0.2, 0.25) is 5.02 Å². The molecule has 32 heavy (non-hydrogen) atoms. The van der Waals surface area contributed by atoms with Gasteiger partial charge in [0.2, 0.25) is 10.0 Å². The minimum Gasteiger partial charge on any atom is -0.493 e. The van der Waals surface area contributed by atoms with Crippen molar-refractivity contribution in [2.45, 2.75) is 18.2 Å². The molecule has 1 saturated heterocycles. The van der Waals surface area contributed by atoms with Gasteiger partial charge in [-0.1, -0.05) is 23.7 Å². The van der Waals surface area contributed by atoms with Crippen molar-refractivity contribution in [1.29, 1.82) is 0 Å². The molecule has 0 saturated carbocycles. The molecule has 0 unspecified atom stereocenters. The van der Waals surface area contributed by atoms with Gasteiger partial charge in [0.05, 0.1) is 17.9 Å². The molecule has 0 radical (unpaired) electrons. The molecule has 1 aliphatic heterocycles. The number of sulfonamides is 1. The number of esters is 1. The number of benzene rings is 2. The number of aryl methyl sites for hydroxylation is 1. The van der Waals surface area contributed by atoms with Crippen molar-refractivity contribution < 1.29 is 27.5 Å². The lowest BCUT2D eigenvalue weighted by atomic mass is 10.2. The Bertz CT molecular complexity index is 1050. The van der Waals surface area contributed by atoms with Crippen LogP contribution in [0.5, 0.6) is 5.75 Å². The molecule has 0 aliphatic carbocycles. The summed E-state index contributed by atoms with van der Waals surface area (Å²) in [6, 6.07) is 13.4. The van der Waals surface area contributed by atoms with Crippen molar-refractivity contribution in [3.05, 3.63) is 59.1 Å². The lowest BCUT2D eigenvalue weighted by molar-refractivity contribution is -0.152. The monoisotopic (exact) mass is 480 g/mol. The minimum atomic E-state index is -3.65. The molecule has 0 spiro atoms. The van der Waals surface area contributed by atoms with E-state index >= 15 is 0 Å². The number of hydrogen-bond donors (Lipinski definition) is 0. The molecule has 0 N–H and O–H groups in total. The zero-order valence-corrected chi connectivity index (χ0v) is 19.3. The normalized spacial score (nSPS) is 14.8. The lowest BCUT2D eigenvalue weighted by Gasteiger charge is -2.33. The Balaban J connectivity index is 1.39. The third-order valence-corrected chi connectivity index (χ3v) is 7.13. The zero-order chi connectivity index (χ0) is 23.1. The van der Waals surface area contributed by atoms with Gasteiger partial charge in [0.15, 0.2) is 6.61 Å². The van der Waals surface area contributed by atoms with E-state index in [0.717, 1.165) is 5.56 Å². The largest absolute Gasteiger partial charge is 0.493 e. The highest BCUT2D eigenvalue weighted by Crippen LogP contribution is 2.20. The van der Waals surface area contributed by atoms with Crippen LogP contribution in [0, 0.1) is 6.92 Å². The lowest BCUT2D eigenvalue weighted by Crippen LogP contribution is -2.51. The number of amides is 1. The Morgan fingerprint density at radius 1 is 1.03 bits per heavy atom. The highest BCUT2D eigenvalue weighted by molar-refractivity contribution is 7.89. The van der Waals surface area contributed by atoms with Crippen LogP contribution in [0.4, 0.5) is 0 Å². The molecule has 0 bridgehead atoms. The zero-order valence-electron chi connectivity index (χ0n) is 17.7. The molecule has 0 aromatic heterocycles. The van der Waals surface area contributed by atoms with Gasteiger partial charge in [0.25, 0.3) is 5.91 Å². The molecule has 1 aliphatic rings. The summed E-state index contributed by atoms with van der Waals surface area (Å²) in [6.45, 7) is 2.48. The number of piperazine rings is 1. The molecule has 172 valence electrons. The van der Waals surface area contributed by atoms with Crippen LogP contribution in [0.3, 0.4) is 0 Å². The molecule has 2 aromatic rings. The van der Waals surface area contributed by atoms with Crippen LogP contribution in [0.25, 0.3) is 0 Å². The first kappa shape index (κ1) is 24.0. The number of ether oxygens (including phenoxy) is 2. The van der Waals surface area contributed by atoms with Crippen molar-refractivity contribution in [2.75, 3.05) is 39.4 Å². The van der Waals surface area contributed by atoms with E-state index in [2.05, 4.69) is 0 Å². The maximum absolute atomic E-state index is 12.7. The highest BCUT2D eigenvalue weighted by Gasteiger charge is 2.30. The number of carbonyl (C=O) groups is 2. The van der Waals surface area contributed by atoms with Crippen molar-refractivity contribution in [3.8, 4) is 5.75 Å². The fraction of sp³-hybridized carbons (Fsp3) is 0.364. The van der Waals surface area contributed by atoms with Gasteiger partial charge in [-0.05, 0) is 48.9 Å². The Morgan fingerprint density at radius 3 is 2.38 bits per heavy atom. The van der Waals surface area contributed by atoms with Crippen LogP contribution in [-0.2, 0) is 24.3 Å². The predicted molar refractivity (Wildman–Crippen MR) is 119 cm³/mol. The second-order valence-corrected chi connectivity index (χ2v) is 9.69.